The summed E-state index contributed by atoms with van der Waals surface area (Å²) in [4.78, 5) is 28.3. The molecule has 5 nitrogen and oxygen atoms in total. The fraction of sp³-hybridized carbons (Fsp3) is 0.211. The fourth-order valence-corrected chi connectivity index (χ4v) is 3.29. The molecule has 0 saturated carbocycles. The predicted octanol–water partition coefficient (Wildman–Crippen LogP) is 4.01. The first-order valence-corrected chi connectivity index (χ1v) is 8.79. The van der Waals surface area contributed by atoms with Gasteiger partial charge in [-0.3, -0.25) is 4.79 Å². The number of thiazole rings is 1. The molecule has 0 fully saturated rings. The molecule has 0 aliphatic rings. The second-order valence-electron chi connectivity index (χ2n) is 5.30. The van der Waals surface area contributed by atoms with Crippen LogP contribution in [-0.4, -0.2) is 23.5 Å². The van der Waals surface area contributed by atoms with Gasteiger partial charge in [0.2, 0.25) is 0 Å². The Balaban J connectivity index is 1.59. The van der Waals surface area contributed by atoms with Crippen LogP contribution < -0.4 is 4.74 Å². The number of ether oxygens (including phenoxy) is 2. The number of para-hydroxylation sites is 1. The van der Waals surface area contributed by atoms with E-state index in [1.54, 1.807) is 36.5 Å². The maximum atomic E-state index is 12.0. The lowest BCUT2D eigenvalue weighted by Gasteiger charge is -2.06. The Kier molecular flexibility index (Phi) is 5.40. The van der Waals surface area contributed by atoms with Crippen LogP contribution in [0.1, 0.15) is 28.7 Å². The third-order valence-electron chi connectivity index (χ3n) is 3.46. The summed E-state index contributed by atoms with van der Waals surface area (Å²) in [6.07, 6.45) is 0.749. The van der Waals surface area contributed by atoms with Crippen molar-refractivity contribution >= 4 is 33.5 Å². The van der Waals surface area contributed by atoms with Crippen LogP contribution >= 0.6 is 11.3 Å². The number of fused-ring (bicyclic) bond motifs is 1. The number of aryl methyl sites for hydroxylation is 1. The van der Waals surface area contributed by atoms with Gasteiger partial charge >= 0.3 is 11.9 Å². The van der Waals surface area contributed by atoms with Gasteiger partial charge in [-0.05, 0) is 37.3 Å². The minimum absolute atomic E-state index is 0.226. The number of esters is 2. The van der Waals surface area contributed by atoms with Gasteiger partial charge in [-0.25, -0.2) is 9.78 Å². The van der Waals surface area contributed by atoms with Gasteiger partial charge in [-0.1, -0.05) is 18.2 Å². The first kappa shape index (κ1) is 17.1. The van der Waals surface area contributed by atoms with E-state index in [1.165, 1.54) is 6.07 Å². The van der Waals surface area contributed by atoms with Crippen LogP contribution in [0.4, 0.5) is 0 Å². The molecule has 0 bridgehead atoms. The Morgan fingerprint density at radius 3 is 2.76 bits per heavy atom. The van der Waals surface area contributed by atoms with Crippen molar-refractivity contribution in [3.05, 3.63) is 59.1 Å². The van der Waals surface area contributed by atoms with Crippen LogP contribution in [0.25, 0.3) is 10.2 Å². The number of carbonyl (C=O) groups excluding carboxylic acids is 2. The second-order valence-corrected chi connectivity index (χ2v) is 6.41. The topological polar surface area (TPSA) is 65.5 Å². The number of hydrogen-bond acceptors (Lipinski definition) is 6. The highest BCUT2D eigenvalue weighted by molar-refractivity contribution is 7.18. The van der Waals surface area contributed by atoms with Gasteiger partial charge in [0.05, 0.1) is 33.8 Å². The van der Waals surface area contributed by atoms with Crippen molar-refractivity contribution in [1.29, 1.82) is 0 Å². The molecule has 0 unspecified atom stereocenters. The van der Waals surface area contributed by atoms with E-state index in [9.17, 15) is 9.59 Å². The summed E-state index contributed by atoms with van der Waals surface area (Å²) in [6.45, 7) is 2.04. The molecule has 6 heteroatoms. The van der Waals surface area contributed by atoms with Crippen LogP contribution in [-0.2, 0) is 16.0 Å². The lowest BCUT2D eigenvalue weighted by atomic mass is 10.2. The molecule has 0 N–H and O–H groups in total. The van der Waals surface area contributed by atoms with E-state index in [-0.39, 0.29) is 12.4 Å². The van der Waals surface area contributed by atoms with Crippen LogP contribution in [0, 0.1) is 0 Å². The standard InChI is InChI=1S/C19H17NO4S/c1-2-23-19(22)13-6-5-7-14(12-13)24-18(21)11-10-17-20-15-8-3-4-9-16(15)25-17/h3-9,12H,2,10-11H2,1H3. The van der Waals surface area contributed by atoms with Gasteiger partial charge in [0.1, 0.15) is 5.75 Å². The quantitative estimate of drug-likeness (QED) is 0.494. The van der Waals surface area contributed by atoms with Crippen LogP contribution in [0.5, 0.6) is 5.75 Å². The average molecular weight is 355 g/mol. The molecule has 0 amide bonds. The Morgan fingerprint density at radius 2 is 1.96 bits per heavy atom. The van der Waals surface area contributed by atoms with Crippen molar-refractivity contribution in [2.45, 2.75) is 19.8 Å². The summed E-state index contributed by atoms with van der Waals surface area (Å²) in [5.41, 5.74) is 1.30. The number of rotatable bonds is 6. The van der Waals surface area contributed by atoms with Gasteiger partial charge in [0, 0.05) is 6.42 Å². The monoisotopic (exact) mass is 355 g/mol. The van der Waals surface area contributed by atoms with Gasteiger partial charge < -0.3 is 9.47 Å². The zero-order chi connectivity index (χ0) is 17.6. The normalized spacial score (nSPS) is 10.6. The Labute approximate surface area is 149 Å². The number of carbonyl (C=O) groups is 2. The SMILES string of the molecule is CCOC(=O)c1cccc(OC(=O)CCc2nc3ccccc3s2)c1. The molecule has 0 aliphatic heterocycles. The van der Waals surface area contributed by atoms with Crippen molar-refractivity contribution in [3.8, 4) is 5.75 Å². The molecule has 3 rings (SSSR count). The summed E-state index contributed by atoms with van der Waals surface area (Å²) in [5, 5.41) is 0.901. The molecular formula is C19H17NO4S. The van der Waals surface area contributed by atoms with Gasteiger partial charge in [-0.2, -0.15) is 0 Å². The fourth-order valence-electron chi connectivity index (χ4n) is 2.32. The van der Waals surface area contributed by atoms with E-state index in [1.807, 2.05) is 24.3 Å². The van der Waals surface area contributed by atoms with E-state index in [4.69, 9.17) is 9.47 Å². The van der Waals surface area contributed by atoms with Crippen molar-refractivity contribution < 1.29 is 19.1 Å². The van der Waals surface area contributed by atoms with Gasteiger partial charge in [0.15, 0.2) is 0 Å². The number of benzene rings is 2. The van der Waals surface area contributed by atoms with Crippen molar-refractivity contribution in [1.82, 2.24) is 4.98 Å². The molecule has 0 atom stereocenters. The third kappa shape index (κ3) is 4.42. The van der Waals surface area contributed by atoms with E-state index < -0.39 is 5.97 Å². The molecule has 25 heavy (non-hydrogen) atoms. The smallest absolute Gasteiger partial charge is 0.338 e. The summed E-state index contributed by atoms with van der Waals surface area (Å²) in [6, 6.07) is 14.3. The Hall–Kier alpha value is -2.73. The number of nitrogens with zero attached hydrogens (tertiary/aromatic N) is 1. The van der Waals surface area contributed by atoms with Crippen molar-refractivity contribution in [2.24, 2.45) is 0 Å². The highest BCUT2D eigenvalue weighted by Gasteiger charge is 2.11. The van der Waals surface area contributed by atoms with E-state index in [0.29, 0.717) is 24.3 Å². The first-order valence-electron chi connectivity index (χ1n) is 7.98. The molecule has 0 spiro atoms. The van der Waals surface area contributed by atoms with Crippen LogP contribution in [0.15, 0.2) is 48.5 Å². The molecule has 128 valence electrons. The first-order chi connectivity index (χ1) is 12.2. The lowest BCUT2D eigenvalue weighted by Crippen LogP contribution is -2.10. The predicted molar refractivity (Wildman–Crippen MR) is 96.0 cm³/mol. The van der Waals surface area contributed by atoms with E-state index in [0.717, 1.165) is 15.2 Å². The zero-order valence-electron chi connectivity index (χ0n) is 13.7. The van der Waals surface area contributed by atoms with Gasteiger partial charge in [0.25, 0.3) is 0 Å². The van der Waals surface area contributed by atoms with Gasteiger partial charge in [-0.15, -0.1) is 11.3 Å². The van der Waals surface area contributed by atoms with Crippen LogP contribution in [0.2, 0.25) is 0 Å². The second kappa shape index (κ2) is 7.90. The number of hydrogen-bond donors (Lipinski definition) is 0. The molecule has 0 saturated heterocycles. The Morgan fingerprint density at radius 1 is 1.12 bits per heavy atom. The molecule has 1 aromatic heterocycles. The largest absolute Gasteiger partial charge is 0.462 e. The minimum atomic E-state index is -0.435. The molecular weight excluding hydrogens is 338 g/mol. The van der Waals surface area contributed by atoms with Crippen molar-refractivity contribution in [2.75, 3.05) is 6.61 Å². The van der Waals surface area contributed by atoms with E-state index >= 15 is 0 Å². The molecule has 0 aliphatic carbocycles. The summed E-state index contributed by atoms with van der Waals surface area (Å²) >= 11 is 1.58. The highest BCUT2D eigenvalue weighted by atomic mass is 32.1. The van der Waals surface area contributed by atoms with Crippen LogP contribution in [0.3, 0.4) is 0 Å². The third-order valence-corrected chi connectivity index (χ3v) is 4.55. The summed E-state index contributed by atoms with van der Waals surface area (Å²) < 4.78 is 11.3. The average Bonchev–Trinajstić information content (AvgIpc) is 3.03. The number of aromatic nitrogens is 1. The zero-order valence-corrected chi connectivity index (χ0v) is 14.5. The Bertz CT molecular complexity index is 870. The highest BCUT2D eigenvalue weighted by Crippen LogP contribution is 2.23. The molecule has 3 aromatic rings. The van der Waals surface area contributed by atoms with Crippen molar-refractivity contribution in [3.63, 3.8) is 0 Å². The molecule has 2 aromatic carbocycles. The summed E-state index contributed by atoms with van der Waals surface area (Å²) in [7, 11) is 0. The molecule has 1 heterocycles. The summed E-state index contributed by atoms with van der Waals surface area (Å²) in [5.74, 6) is -0.463. The minimum Gasteiger partial charge on any atom is -0.462 e. The lowest BCUT2D eigenvalue weighted by molar-refractivity contribution is -0.134. The maximum absolute atomic E-state index is 12.0. The molecule has 0 radical (unpaired) electrons. The van der Waals surface area contributed by atoms with E-state index in [2.05, 4.69) is 4.98 Å². The maximum Gasteiger partial charge on any atom is 0.338 e.